The monoisotopic (exact) mass is 303 g/mol. The van der Waals surface area contributed by atoms with E-state index in [2.05, 4.69) is 17.2 Å². The standard InChI is InChI=1S/C16H21N3OS/c1-9-5-3-4-6-12(9)19-15(20)14-13(17)11-8-7-10(2)18-16(11)21-14/h7-9,12H,3-6,17H2,1-2H3,(H,19,20). The smallest absolute Gasteiger partial charge is 0.263 e. The van der Waals surface area contributed by atoms with Crippen LogP contribution >= 0.6 is 11.3 Å². The molecule has 2 aromatic rings. The maximum absolute atomic E-state index is 12.5. The molecule has 4 nitrogen and oxygen atoms in total. The lowest BCUT2D eigenvalue weighted by molar-refractivity contribution is 0.0915. The summed E-state index contributed by atoms with van der Waals surface area (Å²) < 4.78 is 0. The number of anilines is 1. The Kier molecular flexibility index (Phi) is 3.85. The summed E-state index contributed by atoms with van der Waals surface area (Å²) in [7, 11) is 0. The zero-order valence-corrected chi connectivity index (χ0v) is 13.3. The molecule has 1 aliphatic rings. The van der Waals surface area contributed by atoms with Gasteiger partial charge in [0.2, 0.25) is 0 Å². The van der Waals surface area contributed by atoms with Crippen LogP contribution in [0.5, 0.6) is 0 Å². The molecule has 1 saturated carbocycles. The van der Waals surface area contributed by atoms with Crippen LogP contribution in [-0.4, -0.2) is 16.9 Å². The van der Waals surface area contributed by atoms with Crippen LogP contribution < -0.4 is 11.1 Å². The number of aryl methyl sites for hydroxylation is 1. The van der Waals surface area contributed by atoms with Crippen molar-refractivity contribution in [2.75, 3.05) is 5.73 Å². The summed E-state index contributed by atoms with van der Waals surface area (Å²) in [5.74, 6) is 0.491. The topological polar surface area (TPSA) is 68.0 Å². The van der Waals surface area contributed by atoms with Crippen molar-refractivity contribution in [2.45, 2.75) is 45.6 Å². The third kappa shape index (κ3) is 2.75. The third-order valence-electron chi connectivity index (χ3n) is 4.37. The Hall–Kier alpha value is -1.62. The van der Waals surface area contributed by atoms with Gasteiger partial charge < -0.3 is 11.1 Å². The second-order valence-electron chi connectivity index (χ2n) is 5.99. The first-order valence-corrected chi connectivity index (χ1v) is 8.34. The van der Waals surface area contributed by atoms with Crippen LogP contribution in [0.2, 0.25) is 0 Å². The lowest BCUT2D eigenvalue weighted by Gasteiger charge is -2.29. The summed E-state index contributed by atoms with van der Waals surface area (Å²) in [5.41, 5.74) is 7.64. The molecule has 112 valence electrons. The molecule has 1 aliphatic carbocycles. The molecule has 0 bridgehead atoms. The molecule has 0 aromatic carbocycles. The van der Waals surface area contributed by atoms with Crippen molar-refractivity contribution in [1.29, 1.82) is 0 Å². The molecule has 3 N–H and O–H groups in total. The highest BCUT2D eigenvalue weighted by Crippen LogP contribution is 2.33. The Morgan fingerprint density at radius 2 is 2.14 bits per heavy atom. The van der Waals surface area contributed by atoms with Crippen molar-refractivity contribution in [3.05, 3.63) is 22.7 Å². The first-order valence-electron chi connectivity index (χ1n) is 7.52. The van der Waals surface area contributed by atoms with Gasteiger partial charge in [-0.1, -0.05) is 19.8 Å². The van der Waals surface area contributed by atoms with Crippen molar-refractivity contribution in [1.82, 2.24) is 10.3 Å². The summed E-state index contributed by atoms with van der Waals surface area (Å²) in [6.07, 6.45) is 4.71. The number of nitrogen functional groups attached to an aromatic ring is 1. The van der Waals surface area contributed by atoms with E-state index in [1.54, 1.807) is 0 Å². The minimum absolute atomic E-state index is 0.0492. The Morgan fingerprint density at radius 3 is 2.90 bits per heavy atom. The number of pyridine rings is 1. The van der Waals surface area contributed by atoms with Crippen LogP contribution in [0.15, 0.2) is 12.1 Å². The fourth-order valence-corrected chi connectivity index (χ4v) is 4.07. The molecule has 21 heavy (non-hydrogen) atoms. The minimum atomic E-state index is -0.0492. The van der Waals surface area contributed by atoms with Gasteiger partial charge in [0.1, 0.15) is 9.71 Å². The molecule has 0 aliphatic heterocycles. The van der Waals surface area contributed by atoms with Crippen LogP contribution in [-0.2, 0) is 0 Å². The van der Waals surface area contributed by atoms with E-state index in [4.69, 9.17) is 5.73 Å². The van der Waals surface area contributed by atoms with Crippen molar-refractivity contribution < 1.29 is 4.79 Å². The van der Waals surface area contributed by atoms with Gasteiger partial charge >= 0.3 is 0 Å². The lowest BCUT2D eigenvalue weighted by Crippen LogP contribution is -2.40. The van der Waals surface area contributed by atoms with Gasteiger partial charge in [-0.05, 0) is 37.8 Å². The largest absolute Gasteiger partial charge is 0.397 e. The number of rotatable bonds is 2. The van der Waals surface area contributed by atoms with E-state index in [1.165, 1.54) is 30.6 Å². The van der Waals surface area contributed by atoms with Gasteiger partial charge in [0.05, 0.1) is 5.69 Å². The average Bonchev–Trinajstić information content (AvgIpc) is 2.78. The van der Waals surface area contributed by atoms with Crippen LogP contribution in [0, 0.1) is 12.8 Å². The summed E-state index contributed by atoms with van der Waals surface area (Å²) in [6, 6.07) is 4.14. The highest BCUT2D eigenvalue weighted by molar-refractivity contribution is 7.21. The van der Waals surface area contributed by atoms with Gasteiger partial charge in [0.25, 0.3) is 5.91 Å². The number of carbonyl (C=O) groups is 1. The average molecular weight is 303 g/mol. The number of fused-ring (bicyclic) bond motifs is 1. The summed E-state index contributed by atoms with van der Waals surface area (Å²) in [5, 5.41) is 4.05. The van der Waals surface area contributed by atoms with Crippen molar-refractivity contribution >= 4 is 33.1 Å². The van der Waals surface area contributed by atoms with E-state index < -0.39 is 0 Å². The van der Waals surface area contributed by atoms with Gasteiger partial charge in [-0.15, -0.1) is 11.3 Å². The molecule has 3 rings (SSSR count). The number of nitrogens with zero attached hydrogens (tertiary/aromatic N) is 1. The minimum Gasteiger partial charge on any atom is -0.397 e. The molecule has 0 spiro atoms. The van der Waals surface area contributed by atoms with E-state index in [1.807, 2.05) is 19.1 Å². The molecule has 1 fully saturated rings. The number of amides is 1. The van der Waals surface area contributed by atoms with E-state index in [0.717, 1.165) is 22.3 Å². The van der Waals surface area contributed by atoms with Crippen LogP contribution in [0.4, 0.5) is 5.69 Å². The highest BCUT2D eigenvalue weighted by atomic mass is 32.1. The van der Waals surface area contributed by atoms with E-state index in [9.17, 15) is 4.79 Å². The molecule has 2 atom stereocenters. The van der Waals surface area contributed by atoms with Gasteiger partial charge in [0, 0.05) is 17.1 Å². The fourth-order valence-electron chi connectivity index (χ4n) is 3.02. The van der Waals surface area contributed by atoms with Crippen molar-refractivity contribution in [3.8, 4) is 0 Å². The first kappa shape index (κ1) is 14.3. The summed E-state index contributed by atoms with van der Waals surface area (Å²) in [4.78, 5) is 18.4. The highest BCUT2D eigenvalue weighted by Gasteiger charge is 2.25. The fraction of sp³-hybridized carbons (Fsp3) is 0.500. The van der Waals surface area contributed by atoms with Crippen LogP contribution in [0.25, 0.3) is 10.2 Å². The molecule has 0 radical (unpaired) electrons. The van der Waals surface area contributed by atoms with E-state index >= 15 is 0 Å². The molecule has 5 heteroatoms. The molecular weight excluding hydrogens is 282 g/mol. The Labute approximate surface area is 128 Å². The first-order chi connectivity index (χ1) is 10.1. The zero-order chi connectivity index (χ0) is 15.0. The van der Waals surface area contributed by atoms with Gasteiger partial charge in [0.15, 0.2) is 0 Å². The van der Waals surface area contributed by atoms with Crippen LogP contribution in [0.1, 0.15) is 48.0 Å². The van der Waals surface area contributed by atoms with Crippen molar-refractivity contribution in [2.24, 2.45) is 5.92 Å². The summed E-state index contributed by atoms with van der Waals surface area (Å²) >= 11 is 1.39. The number of aromatic nitrogens is 1. The second-order valence-corrected chi connectivity index (χ2v) is 6.99. The number of nitrogens with two attached hydrogens (primary N) is 1. The normalized spacial score (nSPS) is 22.4. The number of hydrogen-bond acceptors (Lipinski definition) is 4. The third-order valence-corrected chi connectivity index (χ3v) is 5.48. The quantitative estimate of drug-likeness (QED) is 0.892. The predicted octanol–water partition coefficient (Wildman–Crippen LogP) is 3.50. The second kappa shape index (κ2) is 5.64. The maximum atomic E-state index is 12.5. The molecule has 2 unspecified atom stereocenters. The Morgan fingerprint density at radius 1 is 1.38 bits per heavy atom. The lowest BCUT2D eigenvalue weighted by atomic mass is 9.86. The molecule has 2 heterocycles. The van der Waals surface area contributed by atoms with Gasteiger partial charge in [-0.25, -0.2) is 4.98 Å². The maximum Gasteiger partial charge on any atom is 0.263 e. The van der Waals surface area contributed by atoms with Gasteiger partial charge in [-0.3, -0.25) is 4.79 Å². The number of nitrogens with one attached hydrogen (secondary N) is 1. The Balaban J connectivity index is 1.85. The molecule has 0 saturated heterocycles. The van der Waals surface area contributed by atoms with E-state index in [0.29, 0.717) is 16.5 Å². The van der Waals surface area contributed by atoms with E-state index in [-0.39, 0.29) is 11.9 Å². The Bertz CT molecular complexity index is 679. The molecule has 2 aromatic heterocycles. The summed E-state index contributed by atoms with van der Waals surface area (Å²) in [6.45, 7) is 4.15. The molecular formula is C16H21N3OS. The zero-order valence-electron chi connectivity index (χ0n) is 12.5. The molecule has 1 amide bonds. The number of hydrogen-bond donors (Lipinski definition) is 2. The van der Waals surface area contributed by atoms with Crippen LogP contribution in [0.3, 0.4) is 0 Å². The number of thiophene rings is 1. The van der Waals surface area contributed by atoms with Gasteiger partial charge in [-0.2, -0.15) is 0 Å². The SMILES string of the molecule is Cc1ccc2c(N)c(C(=O)NC3CCCCC3C)sc2n1. The number of carbonyl (C=O) groups excluding carboxylic acids is 1. The predicted molar refractivity (Wildman–Crippen MR) is 87.7 cm³/mol. The van der Waals surface area contributed by atoms with Crippen molar-refractivity contribution in [3.63, 3.8) is 0 Å².